The summed E-state index contributed by atoms with van der Waals surface area (Å²) in [5, 5.41) is 14.9. The van der Waals surface area contributed by atoms with E-state index in [4.69, 9.17) is 5.41 Å². The van der Waals surface area contributed by atoms with Gasteiger partial charge in [0.2, 0.25) is 5.16 Å². The molecule has 4 rings (SSSR count). The maximum atomic E-state index is 14.5. The number of benzene rings is 1. The normalized spacial score (nSPS) is 12.4. The molecule has 0 aliphatic heterocycles. The van der Waals surface area contributed by atoms with E-state index in [-0.39, 0.29) is 27.4 Å². The van der Waals surface area contributed by atoms with Crippen LogP contribution in [-0.2, 0) is 16.6 Å². The number of rotatable bonds is 4. The summed E-state index contributed by atoms with van der Waals surface area (Å²) in [5.74, 6) is -1.76. The Bertz CT molecular complexity index is 1260. The van der Waals surface area contributed by atoms with Crippen LogP contribution in [0.5, 0.6) is 0 Å². The zero-order valence-electron chi connectivity index (χ0n) is 14.6. The molecule has 7 nitrogen and oxygen atoms in total. The average Bonchev–Trinajstić information content (AvgIpc) is 3.12. The summed E-state index contributed by atoms with van der Waals surface area (Å²) < 4.78 is 43.0. The summed E-state index contributed by atoms with van der Waals surface area (Å²) in [7, 11) is -1.81. The molecule has 28 heavy (non-hydrogen) atoms. The van der Waals surface area contributed by atoms with Crippen LogP contribution >= 0.6 is 0 Å². The van der Waals surface area contributed by atoms with Gasteiger partial charge in [0.05, 0.1) is 28.1 Å². The van der Waals surface area contributed by atoms with E-state index in [0.29, 0.717) is 5.56 Å². The Kier molecular flexibility index (Phi) is 4.55. The fourth-order valence-electron chi connectivity index (χ4n) is 2.87. The van der Waals surface area contributed by atoms with Crippen LogP contribution in [0.2, 0.25) is 0 Å². The highest BCUT2D eigenvalue weighted by atomic mass is 32.2. The average molecular weight is 400 g/mol. The molecule has 0 spiro atoms. The Morgan fingerprint density at radius 1 is 1.21 bits per heavy atom. The first kappa shape index (κ1) is 18.1. The summed E-state index contributed by atoms with van der Waals surface area (Å²) in [6, 6.07) is 5.18. The van der Waals surface area contributed by atoms with Crippen LogP contribution in [0.4, 0.5) is 8.78 Å². The lowest BCUT2D eigenvalue weighted by Gasteiger charge is -2.14. The summed E-state index contributed by atoms with van der Waals surface area (Å²) >= 11 is 0. The van der Waals surface area contributed by atoms with Crippen molar-refractivity contribution in [1.82, 2.24) is 24.7 Å². The zero-order valence-corrected chi connectivity index (χ0v) is 15.4. The largest absolute Gasteiger partial charge is 0.283 e. The van der Waals surface area contributed by atoms with Gasteiger partial charge >= 0.3 is 0 Å². The van der Waals surface area contributed by atoms with Gasteiger partial charge in [-0.3, -0.25) is 24.3 Å². The molecule has 0 fully saturated rings. The van der Waals surface area contributed by atoms with Crippen molar-refractivity contribution in [1.29, 1.82) is 5.41 Å². The zero-order chi connectivity index (χ0) is 19.8. The van der Waals surface area contributed by atoms with E-state index in [0.717, 1.165) is 22.3 Å². The Morgan fingerprint density at radius 3 is 2.68 bits per heavy atom. The molecule has 0 bridgehead atoms. The predicted octanol–water partition coefficient (Wildman–Crippen LogP) is 2.52. The van der Waals surface area contributed by atoms with E-state index in [2.05, 4.69) is 20.2 Å². The van der Waals surface area contributed by atoms with Crippen molar-refractivity contribution in [3.8, 4) is 5.69 Å². The van der Waals surface area contributed by atoms with Crippen molar-refractivity contribution in [3.63, 3.8) is 0 Å². The summed E-state index contributed by atoms with van der Waals surface area (Å²) in [6.07, 6.45) is 4.56. The second kappa shape index (κ2) is 7.04. The second-order valence-corrected chi connectivity index (χ2v) is 7.49. The number of H-pyrrole nitrogens is 1. The van der Waals surface area contributed by atoms with Crippen LogP contribution in [0.25, 0.3) is 16.7 Å². The molecule has 0 aliphatic rings. The number of aryl methyl sites for hydroxylation is 1. The topological polar surface area (TPSA) is 100 Å². The molecule has 4 aromatic rings. The molecule has 0 radical (unpaired) electrons. The number of halogens is 2. The molecule has 3 heterocycles. The number of hydrogen-bond donors (Lipinski definition) is 2. The van der Waals surface area contributed by atoms with Gasteiger partial charge in [0.25, 0.3) is 0 Å². The highest BCUT2D eigenvalue weighted by Gasteiger charge is 2.22. The molecule has 1 unspecified atom stereocenters. The van der Waals surface area contributed by atoms with Gasteiger partial charge in [0.1, 0.15) is 22.8 Å². The van der Waals surface area contributed by atoms with Crippen molar-refractivity contribution >= 4 is 21.8 Å². The van der Waals surface area contributed by atoms with Crippen molar-refractivity contribution in [2.45, 2.75) is 17.8 Å². The van der Waals surface area contributed by atoms with Gasteiger partial charge < -0.3 is 0 Å². The molecule has 142 valence electrons. The number of nitrogens with one attached hydrogen (secondary N) is 2. The quantitative estimate of drug-likeness (QED) is 0.514. The molecule has 2 N–H and O–H groups in total. The van der Waals surface area contributed by atoms with E-state index in [1.807, 2.05) is 13.0 Å². The van der Waals surface area contributed by atoms with E-state index < -0.39 is 28.1 Å². The summed E-state index contributed by atoms with van der Waals surface area (Å²) in [5.41, 5.74) is 1.00. The molecule has 3 aromatic heterocycles. The molecule has 0 saturated heterocycles. The van der Waals surface area contributed by atoms with Crippen LogP contribution in [0, 0.1) is 24.0 Å². The van der Waals surface area contributed by atoms with Gasteiger partial charge in [-0.05, 0) is 30.2 Å². The van der Waals surface area contributed by atoms with E-state index in [9.17, 15) is 13.0 Å². The van der Waals surface area contributed by atoms with E-state index in [1.165, 1.54) is 12.3 Å². The number of hydrogen-bond acceptors (Lipinski definition) is 5. The first-order valence-electron chi connectivity index (χ1n) is 8.19. The molecule has 0 aliphatic carbocycles. The van der Waals surface area contributed by atoms with Crippen molar-refractivity contribution in [3.05, 3.63) is 71.1 Å². The lowest BCUT2D eigenvalue weighted by atomic mass is 10.2. The Labute approximate surface area is 160 Å². The number of fused-ring (bicyclic) bond motifs is 1. The lowest BCUT2D eigenvalue weighted by Crippen LogP contribution is -2.26. The van der Waals surface area contributed by atoms with Gasteiger partial charge in [-0.15, -0.1) is 0 Å². The molecule has 0 saturated carbocycles. The monoisotopic (exact) mass is 400 g/mol. The summed E-state index contributed by atoms with van der Waals surface area (Å²) in [6.45, 7) is 1.85. The molecular formula is C18H14F2N6OS. The highest BCUT2D eigenvalue weighted by Crippen LogP contribution is 2.21. The highest BCUT2D eigenvalue weighted by molar-refractivity contribution is 7.84. The Hall–Kier alpha value is -3.27. The van der Waals surface area contributed by atoms with Gasteiger partial charge in [0.15, 0.2) is 5.65 Å². The van der Waals surface area contributed by atoms with Crippen LogP contribution < -0.4 is 5.49 Å². The Morgan fingerprint density at radius 2 is 1.96 bits per heavy atom. The minimum absolute atomic E-state index is 0.0246. The van der Waals surface area contributed by atoms with Crippen LogP contribution in [0.1, 0.15) is 11.1 Å². The number of aromatic amines is 1. The molecule has 0 amide bonds. The number of nitrogens with zero attached hydrogens (tertiary/aromatic N) is 4. The second-order valence-electron chi connectivity index (χ2n) is 6.14. The lowest BCUT2D eigenvalue weighted by molar-refractivity contribution is 0.552. The van der Waals surface area contributed by atoms with Crippen LogP contribution in [0.15, 0.2) is 48.0 Å². The maximum absolute atomic E-state index is 14.5. The van der Waals surface area contributed by atoms with Crippen LogP contribution in [-0.4, -0.2) is 28.9 Å². The smallest absolute Gasteiger partial charge is 0.207 e. The molecular weight excluding hydrogens is 386 g/mol. The van der Waals surface area contributed by atoms with Crippen molar-refractivity contribution < 1.29 is 13.0 Å². The number of aromatic nitrogens is 5. The molecule has 1 atom stereocenters. The summed E-state index contributed by atoms with van der Waals surface area (Å²) in [4.78, 5) is 8.31. The van der Waals surface area contributed by atoms with Gasteiger partial charge in [0, 0.05) is 12.4 Å². The molecule has 10 heteroatoms. The van der Waals surface area contributed by atoms with Gasteiger partial charge in [-0.25, -0.2) is 13.8 Å². The predicted molar refractivity (Wildman–Crippen MR) is 98.1 cm³/mol. The number of para-hydroxylation sites is 1. The fraction of sp³-hybridized carbons (Fsp3) is 0.111. The minimum atomic E-state index is -1.81. The minimum Gasteiger partial charge on any atom is -0.283 e. The Balaban J connectivity index is 1.95. The van der Waals surface area contributed by atoms with Gasteiger partial charge in [-0.2, -0.15) is 5.10 Å². The maximum Gasteiger partial charge on any atom is 0.207 e. The van der Waals surface area contributed by atoms with Crippen LogP contribution in [0.3, 0.4) is 0 Å². The first-order valence-corrected chi connectivity index (χ1v) is 9.51. The molecule has 1 aromatic carbocycles. The third kappa shape index (κ3) is 3.11. The van der Waals surface area contributed by atoms with Crippen molar-refractivity contribution in [2.24, 2.45) is 0 Å². The van der Waals surface area contributed by atoms with E-state index in [1.54, 1.807) is 12.4 Å². The third-order valence-electron chi connectivity index (χ3n) is 4.09. The van der Waals surface area contributed by atoms with Gasteiger partial charge in [-0.1, -0.05) is 12.1 Å². The standard InChI is InChI=1S/C18H14F2N6OS/c1-10-5-11(7-22-6-10)9-28(27)18-24-17-12(8-23-25-17)16(21)26(18)15-13(19)3-2-4-14(15)20/h2-8,21H,9H2,1H3,(H,23,25). The van der Waals surface area contributed by atoms with E-state index >= 15 is 0 Å². The SMILES string of the molecule is Cc1cncc(CS(=O)c2nc3[nH]ncc3c(=N)n2-c2c(F)cccc2F)c1. The van der Waals surface area contributed by atoms with Crippen molar-refractivity contribution in [2.75, 3.05) is 0 Å². The number of pyridine rings is 1. The third-order valence-corrected chi connectivity index (χ3v) is 5.37. The first-order chi connectivity index (χ1) is 13.5. The fourth-order valence-corrected chi connectivity index (χ4v) is 4.04.